The highest BCUT2D eigenvalue weighted by Gasteiger charge is 2.16. The molecule has 0 atom stereocenters. The third kappa shape index (κ3) is 2.80. The van der Waals surface area contributed by atoms with Crippen LogP contribution < -0.4 is 20.7 Å². The standard InChI is InChI=1S/C16H16N4O5/c1-19-15-13(14(22)18-16(19)23)17-8-20(15)7-10(21)9-4-5-11(24-2)12(6-9)25-3/h4-6,8H,7H2,1-3H3,(H,18,22,23). The van der Waals surface area contributed by atoms with Gasteiger partial charge in [-0.1, -0.05) is 0 Å². The summed E-state index contributed by atoms with van der Waals surface area (Å²) in [5.74, 6) is 0.724. The van der Waals surface area contributed by atoms with Crippen molar-refractivity contribution in [1.29, 1.82) is 0 Å². The summed E-state index contributed by atoms with van der Waals surface area (Å²) in [6.07, 6.45) is 1.36. The minimum atomic E-state index is -0.588. The lowest BCUT2D eigenvalue weighted by molar-refractivity contribution is 0.0972. The van der Waals surface area contributed by atoms with Gasteiger partial charge in [-0.05, 0) is 18.2 Å². The molecule has 130 valence electrons. The van der Waals surface area contributed by atoms with Gasteiger partial charge < -0.3 is 14.0 Å². The molecule has 3 aromatic rings. The Morgan fingerprint density at radius 3 is 2.60 bits per heavy atom. The highest BCUT2D eigenvalue weighted by atomic mass is 16.5. The first-order chi connectivity index (χ1) is 12.0. The van der Waals surface area contributed by atoms with E-state index in [9.17, 15) is 14.4 Å². The molecule has 0 saturated carbocycles. The monoisotopic (exact) mass is 344 g/mol. The van der Waals surface area contributed by atoms with Crippen LogP contribution in [0.4, 0.5) is 0 Å². The van der Waals surface area contributed by atoms with Gasteiger partial charge in [-0.25, -0.2) is 9.78 Å². The second-order valence-corrected chi connectivity index (χ2v) is 5.36. The minimum Gasteiger partial charge on any atom is -0.493 e. The smallest absolute Gasteiger partial charge is 0.329 e. The van der Waals surface area contributed by atoms with Crippen molar-refractivity contribution in [2.24, 2.45) is 7.05 Å². The molecular weight excluding hydrogens is 328 g/mol. The fourth-order valence-electron chi connectivity index (χ4n) is 2.60. The first-order valence-corrected chi connectivity index (χ1v) is 7.35. The topological polar surface area (TPSA) is 108 Å². The molecule has 0 aliphatic rings. The summed E-state index contributed by atoms with van der Waals surface area (Å²) in [6.45, 7) is -0.0806. The predicted molar refractivity (Wildman–Crippen MR) is 89.5 cm³/mol. The van der Waals surface area contributed by atoms with Crippen molar-refractivity contribution >= 4 is 16.9 Å². The van der Waals surface area contributed by atoms with Gasteiger partial charge in [0.15, 0.2) is 22.8 Å². The first-order valence-electron chi connectivity index (χ1n) is 7.35. The van der Waals surface area contributed by atoms with E-state index in [0.717, 1.165) is 0 Å². The zero-order chi connectivity index (χ0) is 18.1. The predicted octanol–water partition coefficient (Wildman–Crippen LogP) is 0.323. The number of fused-ring (bicyclic) bond motifs is 1. The maximum atomic E-state index is 12.6. The Bertz CT molecular complexity index is 1080. The molecule has 9 nitrogen and oxygen atoms in total. The number of Topliss-reactive ketones (excluding diaryl/α,β-unsaturated/α-hetero) is 1. The lowest BCUT2D eigenvalue weighted by Crippen LogP contribution is -2.29. The molecule has 3 rings (SSSR count). The van der Waals surface area contributed by atoms with E-state index in [1.54, 1.807) is 18.2 Å². The van der Waals surface area contributed by atoms with E-state index < -0.39 is 11.2 Å². The van der Waals surface area contributed by atoms with Crippen molar-refractivity contribution < 1.29 is 14.3 Å². The summed E-state index contributed by atoms with van der Waals surface area (Å²) >= 11 is 0. The van der Waals surface area contributed by atoms with Crippen LogP contribution in [0.5, 0.6) is 11.5 Å². The van der Waals surface area contributed by atoms with Crippen LogP contribution in [-0.2, 0) is 13.6 Å². The average Bonchev–Trinajstić information content (AvgIpc) is 3.03. The van der Waals surface area contributed by atoms with Crippen LogP contribution in [0.2, 0.25) is 0 Å². The molecule has 0 aliphatic carbocycles. The van der Waals surface area contributed by atoms with Gasteiger partial charge in [0, 0.05) is 12.6 Å². The Balaban J connectivity index is 2.01. The molecule has 0 aliphatic heterocycles. The summed E-state index contributed by atoms with van der Waals surface area (Å²) < 4.78 is 13.0. The molecule has 25 heavy (non-hydrogen) atoms. The lowest BCUT2D eigenvalue weighted by Gasteiger charge is -2.10. The molecule has 0 amide bonds. The summed E-state index contributed by atoms with van der Waals surface area (Å²) in [5, 5.41) is 0. The van der Waals surface area contributed by atoms with Crippen LogP contribution in [0.1, 0.15) is 10.4 Å². The molecule has 0 bridgehead atoms. The van der Waals surface area contributed by atoms with Crippen molar-refractivity contribution in [3.05, 3.63) is 50.9 Å². The SMILES string of the molecule is COc1ccc(C(=O)Cn2cnc3c(=O)[nH]c(=O)n(C)c32)cc1OC. The molecule has 0 spiro atoms. The normalized spacial score (nSPS) is 10.8. The van der Waals surface area contributed by atoms with Gasteiger partial charge in [0.1, 0.15) is 5.65 Å². The van der Waals surface area contributed by atoms with Gasteiger partial charge in [-0.2, -0.15) is 0 Å². The first kappa shape index (κ1) is 16.5. The van der Waals surface area contributed by atoms with Crippen molar-refractivity contribution in [3.8, 4) is 11.5 Å². The quantitative estimate of drug-likeness (QED) is 0.668. The molecule has 2 aromatic heterocycles. The number of nitrogens with one attached hydrogen (secondary N) is 1. The van der Waals surface area contributed by atoms with Crippen LogP contribution in [0.25, 0.3) is 11.2 Å². The van der Waals surface area contributed by atoms with Crippen molar-refractivity contribution in [1.82, 2.24) is 19.1 Å². The fraction of sp³-hybridized carbons (Fsp3) is 0.250. The molecular formula is C16H16N4O5. The van der Waals surface area contributed by atoms with E-state index in [2.05, 4.69) is 9.97 Å². The van der Waals surface area contributed by atoms with E-state index in [1.807, 2.05) is 0 Å². The maximum Gasteiger partial charge on any atom is 0.329 e. The van der Waals surface area contributed by atoms with E-state index in [4.69, 9.17) is 9.47 Å². The van der Waals surface area contributed by atoms with Gasteiger partial charge in [0.05, 0.1) is 27.1 Å². The van der Waals surface area contributed by atoms with E-state index in [1.165, 1.54) is 36.7 Å². The number of benzene rings is 1. The number of hydrogen-bond acceptors (Lipinski definition) is 6. The van der Waals surface area contributed by atoms with Crippen LogP contribution in [0.15, 0.2) is 34.1 Å². The van der Waals surface area contributed by atoms with Crippen LogP contribution in [0, 0.1) is 0 Å². The second-order valence-electron chi connectivity index (χ2n) is 5.36. The van der Waals surface area contributed by atoms with Crippen molar-refractivity contribution in [2.45, 2.75) is 6.54 Å². The largest absolute Gasteiger partial charge is 0.493 e. The van der Waals surface area contributed by atoms with Crippen LogP contribution >= 0.6 is 0 Å². The molecule has 0 fully saturated rings. The Labute approximate surface area is 141 Å². The average molecular weight is 344 g/mol. The fourth-order valence-corrected chi connectivity index (χ4v) is 2.60. The minimum absolute atomic E-state index is 0.0806. The van der Waals surface area contributed by atoms with Crippen molar-refractivity contribution in [2.75, 3.05) is 14.2 Å². The lowest BCUT2D eigenvalue weighted by atomic mass is 10.1. The number of aromatic nitrogens is 4. The number of ketones is 1. The van der Waals surface area contributed by atoms with Crippen LogP contribution in [-0.4, -0.2) is 39.1 Å². The summed E-state index contributed by atoms with van der Waals surface area (Å²) in [4.78, 5) is 42.3. The number of nitrogens with zero attached hydrogens (tertiary/aromatic N) is 3. The Kier molecular flexibility index (Phi) is 4.14. The molecule has 9 heteroatoms. The number of carbonyl (C=O) groups excluding carboxylic acids is 1. The van der Waals surface area contributed by atoms with Gasteiger partial charge >= 0.3 is 5.69 Å². The molecule has 0 saturated heterocycles. The molecule has 0 radical (unpaired) electrons. The van der Waals surface area contributed by atoms with E-state index in [0.29, 0.717) is 17.1 Å². The number of methoxy groups -OCH3 is 2. The highest BCUT2D eigenvalue weighted by molar-refractivity contribution is 5.97. The zero-order valence-corrected chi connectivity index (χ0v) is 13.9. The number of ether oxygens (including phenoxy) is 2. The van der Waals surface area contributed by atoms with Gasteiger partial charge in [-0.15, -0.1) is 0 Å². The third-order valence-corrected chi connectivity index (χ3v) is 3.89. The molecule has 2 heterocycles. The summed E-state index contributed by atoms with van der Waals surface area (Å²) in [5.41, 5.74) is -0.368. The Morgan fingerprint density at radius 2 is 1.92 bits per heavy atom. The number of H-pyrrole nitrogens is 1. The number of imidazole rings is 1. The highest BCUT2D eigenvalue weighted by Crippen LogP contribution is 2.27. The number of rotatable bonds is 5. The third-order valence-electron chi connectivity index (χ3n) is 3.89. The number of aryl methyl sites for hydroxylation is 1. The molecule has 1 N–H and O–H groups in total. The number of carbonyl (C=O) groups is 1. The summed E-state index contributed by atoms with van der Waals surface area (Å²) in [6, 6.07) is 4.83. The van der Waals surface area contributed by atoms with Gasteiger partial charge in [0.2, 0.25) is 0 Å². The van der Waals surface area contributed by atoms with Crippen LogP contribution in [0.3, 0.4) is 0 Å². The molecule has 1 aromatic carbocycles. The molecule has 0 unspecified atom stereocenters. The van der Waals surface area contributed by atoms with Gasteiger partial charge in [-0.3, -0.25) is 19.1 Å². The number of hydrogen-bond donors (Lipinski definition) is 1. The Morgan fingerprint density at radius 1 is 1.20 bits per heavy atom. The second kappa shape index (κ2) is 6.27. The Hall–Kier alpha value is -3.36. The van der Waals surface area contributed by atoms with Gasteiger partial charge in [0.25, 0.3) is 5.56 Å². The summed E-state index contributed by atoms with van der Waals surface area (Å²) in [7, 11) is 4.49. The van der Waals surface area contributed by atoms with E-state index in [-0.39, 0.29) is 23.5 Å². The van der Waals surface area contributed by atoms with Crippen molar-refractivity contribution in [3.63, 3.8) is 0 Å². The maximum absolute atomic E-state index is 12.6. The zero-order valence-electron chi connectivity index (χ0n) is 13.9. The number of aromatic amines is 1. The van der Waals surface area contributed by atoms with E-state index >= 15 is 0 Å².